The van der Waals surface area contributed by atoms with Crippen LogP contribution < -0.4 is 10.2 Å². The highest BCUT2D eigenvalue weighted by molar-refractivity contribution is 5.84. The first-order valence-corrected chi connectivity index (χ1v) is 8.57. The van der Waals surface area contributed by atoms with E-state index in [1.807, 2.05) is 16.5 Å². The van der Waals surface area contributed by atoms with Crippen molar-refractivity contribution in [2.45, 2.75) is 13.2 Å². The Hall–Kier alpha value is -3.35. The lowest BCUT2D eigenvalue weighted by molar-refractivity contribution is -0.0500. The van der Waals surface area contributed by atoms with Crippen LogP contribution in [0.25, 0.3) is 17.0 Å². The maximum absolute atomic E-state index is 12.7. The number of halogens is 2. The number of aromatic nitrogens is 1. The Morgan fingerprint density at radius 1 is 1.25 bits per heavy atom. The van der Waals surface area contributed by atoms with E-state index in [2.05, 4.69) is 17.9 Å². The van der Waals surface area contributed by atoms with E-state index >= 15 is 0 Å². The molecule has 3 rings (SSSR count). The number of aliphatic hydroxyl groups is 1. The van der Waals surface area contributed by atoms with Gasteiger partial charge in [-0.2, -0.15) is 8.78 Å². The summed E-state index contributed by atoms with van der Waals surface area (Å²) in [5.74, 6) is -0.255. The Morgan fingerprint density at radius 2 is 1.96 bits per heavy atom. The molecule has 0 aliphatic carbocycles. The van der Waals surface area contributed by atoms with Gasteiger partial charge in [-0.3, -0.25) is 4.79 Å². The van der Waals surface area contributed by atoms with E-state index in [-0.39, 0.29) is 22.5 Å². The van der Waals surface area contributed by atoms with Gasteiger partial charge in [-0.1, -0.05) is 31.4 Å². The molecule has 28 heavy (non-hydrogen) atoms. The number of fused-ring (bicyclic) bond motifs is 1. The van der Waals surface area contributed by atoms with Gasteiger partial charge in [0.2, 0.25) is 0 Å². The van der Waals surface area contributed by atoms with E-state index in [0.29, 0.717) is 35.6 Å². The lowest BCUT2D eigenvalue weighted by Crippen LogP contribution is -2.32. The molecule has 0 radical (unpaired) electrons. The molecule has 146 valence electrons. The van der Waals surface area contributed by atoms with Gasteiger partial charge in [0.1, 0.15) is 11.5 Å². The summed E-state index contributed by atoms with van der Waals surface area (Å²) in [4.78, 5) is 14.3. The molecule has 1 aromatic heterocycles. The van der Waals surface area contributed by atoms with Gasteiger partial charge in [-0.15, -0.1) is 0 Å². The maximum Gasteiger partial charge on any atom is 0.387 e. The molecule has 0 atom stereocenters. The minimum Gasteiger partial charge on any atom is -0.508 e. The number of pyridine rings is 1. The van der Waals surface area contributed by atoms with Crippen molar-refractivity contribution in [3.05, 3.63) is 82.8 Å². The van der Waals surface area contributed by atoms with Crippen molar-refractivity contribution in [3.8, 4) is 5.75 Å². The van der Waals surface area contributed by atoms with E-state index in [4.69, 9.17) is 0 Å². The largest absolute Gasteiger partial charge is 0.508 e. The second-order valence-corrected chi connectivity index (χ2v) is 6.43. The van der Waals surface area contributed by atoms with Crippen LogP contribution in [0.15, 0.2) is 60.6 Å². The molecule has 2 heterocycles. The number of hydrogen-bond acceptors (Lipinski definition) is 4. The molecule has 0 unspecified atom stereocenters. The van der Waals surface area contributed by atoms with E-state index in [1.165, 1.54) is 12.1 Å². The van der Waals surface area contributed by atoms with Crippen molar-refractivity contribution in [3.63, 3.8) is 0 Å². The highest BCUT2D eigenvalue weighted by Gasteiger charge is 2.21. The Labute approximate surface area is 161 Å². The van der Waals surface area contributed by atoms with Crippen molar-refractivity contribution in [1.29, 1.82) is 0 Å². The monoisotopic (exact) mass is 386 g/mol. The zero-order chi connectivity index (χ0) is 20.4. The number of aliphatic hydroxyl groups excluding tert-OH is 1. The van der Waals surface area contributed by atoms with Gasteiger partial charge >= 0.3 is 6.61 Å². The summed E-state index contributed by atoms with van der Waals surface area (Å²) in [6, 6.07) is 7.83. The van der Waals surface area contributed by atoms with Crippen molar-refractivity contribution in [1.82, 2.24) is 9.47 Å². The van der Waals surface area contributed by atoms with Gasteiger partial charge in [0.15, 0.2) is 5.43 Å². The highest BCUT2D eigenvalue weighted by Crippen LogP contribution is 2.31. The van der Waals surface area contributed by atoms with Gasteiger partial charge in [0.05, 0.1) is 17.0 Å². The molecular weight excluding hydrogens is 366 g/mol. The number of allylic oxidation sites excluding steroid dienone is 2. The van der Waals surface area contributed by atoms with Crippen LogP contribution in [0.5, 0.6) is 5.75 Å². The molecule has 2 aromatic rings. The quantitative estimate of drug-likeness (QED) is 0.790. The van der Waals surface area contributed by atoms with Gasteiger partial charge in [-0.05, 0) is 17.7 Å². The van der Waals surface area contributed by atoms with Gasteiger partial charge in [0, 0.05) is 38.0 Å². The lowest BCUT2D eigenvalue weighted by Gasteiger charge is -2.32. The van der Waals surface area contributed by atoms with E-state index in [0.717, 1.165) is 0 Å². The van der Waals surface area contributed by atoms with Gasteiger partial charge in [-0.25, -0.2) is 0 Å². The van der Waals surface area contributed by atoms with Crippen molar-refractivity contribution < 1.29 is 18.6 Å². The van der Waals surface area contributed by atoms with E-state index < -0.39 is 6.61 Å². The highest BCUT2D eigenvalue weighted by atomic mass is 19.3. The molecule has 1 aliphatic rings. The fourth-order valence-corrected chi connectivity index (χ4v) is 3.13. The Balaban J connectivity index is 2.06. The van der Waals surface area contributed by atoms with Crippen LogP contribution in [0.2, 0.25) is 0 Å². The zero-order valence-corrected chi connectivity index (χ0v) is 15.4. The van der Waals surface area contributed by atoms with E-state index in [9.17, 15) is 18.7 Å². The predicted molar refractivity (Wildman–Crippen MR) is 105 cm³/mol. The summed E-state index contributed by atoms with van der Waals surface area (Å²) >= 11 is 0. The van der Waals surface area contributed by atoms with Crippen LogP contribution in [0.3, 0.4) is 0 Å². The average molecular weight is 386 g/mol. The normalized spacial score (nSPS) is 14.9. The summed E-state index contributed by atoms with van der Waals surface area (Å²) < 4.78 is 31.8. The molecule has 0 saturated carbocycles. The number of benzene rings is 1. The molecule has 0 spiro atoms. The summed E-state index contributed by atoms with van der Waals surface area (Å²) in [5, 5.41) is 9.60. The molecule has 7 heteroatoms. The van der Waals surface area contributed by atoms with Crippen LogP contribution in [-0.2, 0) is 6.54 Å². The fraction of sp³-hybridized carbons (Fsp3) is 0.190. The number of likely N-dealkylation sites (N-methyl/N-ethyl adjacent to an activating group) is 1. The summed E-state index contributed by atoms with van der Waals surface area (Å²) in [6.45, 7) is 5.74. The van der Waals surface area contributed by atoms with Crippen LogP contribution in [0.1, 0.15) is 16.8 Å². The Bertz CT molecular complexity index is 1020. The molecule has 0 amide bonds. The number of hydrogen-bond donors (Lipinski definition) is 1. The van der Waals surface area contributed by atoms with Gasteiger partial charge < -0.3 is 19.3 Å². The van der Waals surface area contributed by atoms with Crippen LogP contribution >= 0.6 is 0 Å². The number of ether oxygens (including phenoxy) is 1. The lowest BCUT2D eigenvalue weighted by atomic mass is 10.0. The number of para-hydroxylation sites is 1. The maximum atomic E-state index is 12.7. The standard InChI is InChI=1S/C21H20F2N2O3/c1-13(15-6-4-5-7-20(15)28-21(22)23)10-17-18-11-19(27)16(14(2)26)12-25(18)9-8-24(17)3/h4-7,10-12,21,26H,1-2,8-9H2,3H3/b17-10-. The molecular formula is C21H20F2N2O3. The van der Waals surface area contributed by atoms with Crippen LogP contribution in [0, 0.1) is 0 Å². The van der Waals surface area contributed by atoms with E-state index in [1.54, 1.807) is 30.5 Å². The minimum atomic E-state index is -2.94. The first kappa shape index (κ1) is 19.4. The topological polar surface area (TPSA) is 54.7 Å². The second-order valence-electron chi connectivity index (χ2n) is 6.43. The van der Waals surface area contributed by atoms with Crippen molar-refractivity contribution >= 4 is 17.0 Å². The molecule has 5 nitrogen and oxygen atoms in total. The van der Waals surface area contributed by atoms with Crippen molar-refractivity contribution in [2.24, 2.45) is 0 Å². The van der Waals surface area contributed by atoms with Crippen LogP contribution in [0.4, 0.5) is 8.78 Å². The molecule has 1 N–H and O–H groups in total. The molecule has 0 bridgehead atoms. The van der Waals surface area contributed by atoms with Gasteiger partial charge in [0.25, 0.3) is 0 Å². The smallest absolute Gasteiger partial charge is 0.387 e. The first-order valence-electron chi connectivity index (χ1n) is 8.57. The third-order valence-electron chi connectivity index (χ3n) is 4.55. The molecule has 0 fully saturated rings. The Kier molecular flexibility index (Phi) is 5.35. The molecule has 1 aromatic carbocycles. The molecule has 1 aliphatic heterocycles. The summed E-state index contributed by atoms with van der Waals surface area (Å²) in [7, 11) is 1.87. The average Bonchev–Trinajstić information content (AvgIpc) is 2.63. The third-order valence-corrected chi connectivity index (χ3v) is 4.55. The zero-order valence-electron chi connectivity index (χ0n) is 15.4. The summed E-state index contributed by atoms with van der Waals surface area (Å²) in [6.07, 6.45) is 3.29. The number of nitrogens with zero attached hydrogens (tertiary/aromatic N) is 2. The summed E-state index contributed by atoms with van der Waals surface area (Å²) in [5.41, 5.74) is 2.03. The SMILES string of the molecule is C=C(/C=C1/c2cc(=O)c(C(=C)O)cn2CCN1C)c1ccccc1OC(F)F. The minimum absolute atomic E-state index is 0.0298. The van der Waals surface area contributed by atoms with Crippen LogP contribution in [-0.4, -0.2) is 34.8 Å². The fourth-order valence-electron chi connectivity index (χ4n) is 3.13. The molecule has 0 saturated heterocycles. The second kappa shape index (κ2) is 7.72. The Morgan fingerprint density at radius 3 is 2.64 bits per heavy atom. The first-order chi connectivity index (χ1) is 13.3. The number of rotatable bonds is 5. The third kappa shape index (κ3) is 3.83. The van der Waals surface area contributed by atoms with Crippen molar-refractivity contribution in [2.75, 3.05) is 13.6 Å². The predicted octanol–water partition coefficient (Wildman–Crippen LogP) is 3.98. The number of alkyl halides is 2.